The van der Waals surface area contributed by atoms with Crippen molar-refractivity contribution in [3.63, 3.8) is 0 Å². The van der Waals surface area contributed by atoms with Crippen molar-refractivity contribution in [3.8, 4) is 5.88 Å². The Kier molecular flexibility index (Phi) is 6.33. The summed E-state index contributed by atoms with van der Waals surface area (Å²) in [5.41, 5.74) is -3.04. The van der Waals surface area contributed by atoms with Crippen LogP contribution in [0.15, 0.2) is 38.1 Å². The maximum Gasteiger partial charge on any atom is 0.338 e. The van der Waals surface area contributed by atoms with Crippen LogP contribution in [-0.2, 0) is 10.1 Å². The zero-order valence-corrected chi connectivity index (χ0v) is 17.7. The second-order valence-electron chi connectivity index (χ2n) is 7.51. The van der Waals surface area contributed by atoms with E-state index in [-0.39, 0.29) is 22.5 Å². The maximum absolute atomic E-state index is 12.5. The number of nitrogens with zero attached hydrogens (tertiary/aromatic N) is 2. The van der Waals surface area contributed by atoms with E-state index in [4.69, 9.17) is 4.55 Å². The molecule has 0 fully saturated rings. The minimum absolute atomic E-state index is 0.0156. The molecule has 12 nitrogen and oxygen atoms in total. The van der Waals surface area contributed by atoms with Gasteiger partial charge in [0.2, 0.25) is 5.88 Å². The second kappa shape index (κ2) is 8.28. The lowest BCUT2D eigenvalue weighted by Gasteiger charge is -2.21. The van der Waals surface area contributed by atoms with Crippen LogP contribution in [0.1, 0.15) is 47.1 Å². The van der Waals surface area contributed by atoms with Gasteiger partial charge in [0.15, 0.2) is 0 Å². The number of carboxylic acid groups (broad SMARTS) is 1. The summed E-state index contributed by atoms with van der Waals surface area (Å²) in [7, 11) is -4.65. The lowest BCUT2D eigenvalue weighted by Crippen LogP contribution is -2.43. The summed E-state index contributed by atoms with van der Waals surface area (Å²) in [6.07, 6.45) is 0. The highest BCUT2D eigenvalue weighted by molar-refractivity contribution is 7.85. The molecule has 1 aromatic carbocycles. The number of rotatable bonds is 5. The third kappa shape index (κ3) is 5.52. The van der Waals surface area contributed by atoms with Gasteiger partial charge in [-0.05, 0) is 45.9 Å². The topological polar surface area (TPSA) is 199 Å². The summed E-state index contributed by atoms with van der Waals surface area (Å²) < 4.78 is 31.5. The molecule has 0 saturated carbocycles. The molecule has 0 atom stereocenters. The molecule has 1 amide bonds. The predicted octanol–water partition coefficient (Wildman–Crippen LogP) is 2.28. The Morgan fingerprint density at radius 1 is 1.16 bits per heavy atom. The number of nitrogens with one attached hydrogen (secondary N) is 2. The number of aromatic amines is 1. The fourth-order valence-electron chi connectivity index (χ4n) is 2.53. The fourth-order valence-corrected chi connectivity index (χ4v) is 3.04. The molecular weight excluding hydrogens is 432 g/mol. The van der Waals surface area contributed by atoms with Crippen LogP contribution in [0.4, 0.5) is 11.4 Å². The summed E-state index contributed by atoms with van der Waals surface area (Å²) in [5.74, 6) is -2.97. The van der Waals surface area contributed by atoms with Crippen molar-refractivity contribution < 1.29 is 32.8 Å². The number of carbonyl (C=O) groups excluding carboxylic acids is 1. The number of amides is 1. The summed E-state index contributed by atoms with van der Waals surface area (Å²) in [6.45, 7) is 6.47. The van der Waals surface area contributed by atoms with E-state index in [2.05, 4.69) is 20.5 Å². The van der Waals surface area contributed by atoms with Crippen molar-refractivity contribution in [1.82, 2.24) is 10.3 Å². The van der Waals surface area contributed by atoms with Crippen LogP contribution in [0.5, 0.6) is 5.88 Å². The van der Waals surface area contributed by atoms with Crippen LogP contribution in [0.2, 0.25) is 0 Å². The zero-order chi connectivity index (χ0) is 23.7. The van der Waals surface area contributed by atoms with E-state index in [1.165, 1.54) is 6.92 Å². The Morgan fingerprint density at radius 2 is 1.77 bits per heavy atom. The number of azo groups is 1. The van der Waals surface area contributed by atoms with Crippen molar-refractivity contribution in [3.05, 3.63) is 45.2 Å². The van der Waals surface area contributed by atoms with E-state index in [1.54, 1.807) is 20.8 Å². The number of benzene rings is 1. The van der Waals surface area contributed by atoms with Gasteiger partial charge in [-0.2, -0.15) is 8.42 Å². The molecule has 31 heavy (non-hydrogen) atoms. The zero-order valence-electron chi connectivity index (χ0n) is 16.9. The third-order valence-corrected chi connectivity index (χ3v) is 4.73. The van der Waals surface area contributed by atoms with Gasteiger partial charge >= 0.3 is 5.97 Å². The molecule has 2 rings (SSSR count). The van der Waals surface area contributed by atoms with E-state index in [0.717, 1.165) is 12.1 Å². The molecular formula is C18H20N4O8S. The normalized spacial score (nSPS) is 12.2. The lowest BCUT2D eigenvalue weighted by atomic mass is 10.1. The molecule has 0 spiro atoms. The van der Waals surface area contributed by atoms with Crippen LogP contribution in [-0.4, -0.2) is 45.6 Å². The summed E-state index contributed by atoms with van der Waals surface area (Å²) >= 11 is 0. The van der Waals surface area contributed by atoms with Gasteiger partial charge in [0, 0.05) is 11.1 Å². The molecule has 5 N–H and O–H groups in total. The van der Waals surface area contributed by atoms with E-state index >= 15 is 0 Å². The summed E-state index contributed by atoms with van der Waals surface area (Å²) in [6, 6.07) is 2.59. The van der Waals surface area contributed by atoms with Gasteiger partial charge in [-0.1, -0.05) is 0 Å². The Balaban J connectivity index is 2.59. The van der Waals surface area contributed by atoms with E-state index < -0.39 is 49.4 Å². The molecule has 0 unspecified atom stereocenters. The van der Waals surface area contributed by atoms with Crippen LogP contribution >= 0.6 is 0 Å². The largest absolute Gasteiger partial charge is 0.493 e. The van der Waals surface area contributed by atoms with Crippen molar-refractivity contribution in [2.24, 2.45) is 10.2 Å². The molecule has 0 aliphatic rings. The van der Waals surface area contributed by atoms with Gasteiger partial charge in [-0.25, -0.2) is 4.79 Å². The Labute approximate surface area is 176 Å². The van der Waals surface area contributed by atoms with Crippen LogP contribution < -0.4 is 10.9 Å². The first-order chi connectivity index (χ1) is 14.1. The molecule has 0 aliphatic heterocycles. The molecule has 13 heteroatoms. The average molecular weight is 452 g/mol. The molecule has 166 valence electrons. The molecule has 0 saturated heterocycles. The number of carbonyl (C=O) groups is 2. The highest BCUT2D eigenvalue weighted by Gasteiger charge is 2.24. The highest BCUT2D eigenvalue weighted by atomic mass is 32.2. The van der Waals surface area contributed by atoms with Crippen LogP contribution in [0, 0.1) is 6.92 Å². The number of H-pyrrole nitrogens is 1. The minimum atomic E-state index is -4.65. The number of hydrogen-bond acceptors (Lipinski definition) is 8. The Hall–Kier alpha value is -3.58. The van der Waals surface area contributed by atoms with Crippen molar-refractivity contribution in [1.29, 1.82) is 0 Å². The predicted molar refractivity (Wildman–Crippen MR) is 108 cm³/mol. The van der Waals surface area contributed by atoms with Crippen molar-refractivity contribution >= 4 is 33.4 Å². The minimum Gasteiger partial charge on any atom is -0.493 e. The first kappa shape index (κ1) is 23.7. The first-order valence-corrected chi connectivity index (χ1v) is 10.1. The third-order valence-electron chi connectivity index (χ3n) is 3.88. The Bertz CT molecular complexity index is 1260. The van der Waals surface area contributed by atoms with Gasteiger partial charge < -0.3 is 15.5 Å². The molecule has 1 aromatic heterocycles. The van der Waals surface area contributed by atoms with E-state index in [1.807, 2.05) is 0 Å². The molecule has 2 aromatic rings. The lowest BCUT2D eigenvalue weighted by molar-refractivity contribution is 0.0697. The van der Waals surface area contributed by atoms with Gasteiger partial charge in [0.1, 0.15) is 16.9 Å². The number of aromatic nitrogens is 1. The van der Waals surface area contributed by atoms with Gasteiger partial charge in [-0.3, -0.25) is 19.1 Å². The maximum atomic E-state index is 12.5. The second-order valence-corrected chi connectivity index (χ2v) is 8.94. The van der Waals surface area contributed by atoms with Gasteiger partial charge in [0.05, 0.1) is 10.5 Å². The number of aromatic hydroxyl groups is 1. The Morgan fingerprint density at radius 3 is 2.29 bits per heavy atom. The molecule has 0 aliphatic carbocycles. The standard InChI is InChI=1S/C18H20N4O8S/c1-8-12(15(24)20-18(2,3)4)14(23)19-16(25)13(8)22-21-11-6-5-9(31(28,29)30)7-10(11)17(26)27/h5-7H,1-4H3,(H,20,24)(H,26,27)(H2,19,23,25)(H,28,29,30)/b22-21+. The molecule has 0 bridgehead atoms. The van der Waals surface area contributed by atoms with E-state index in [9.17, 15) is 33.0 Å². The quantitative estimate of drug-likeness (QED) is 0.336. The molecule has 0 radical (unpaired) electrons. The molecule has 1 heterocycles. The van der Waals surface area contributed by atoms with Crippen LogP contribution in [0.3, 0.4) is 0 Å². The highest BCUT2D eigenvalue weighted by Crippen LogP contribution is 2.32. The monoisotopic (exact) mass is 452 g/mol. The summed E-state index contributed by atoms with van der Waals surface area (Å²) in [4.78, 5) is 37.5. The SMILES string of the molecule is Cc1c(/N=N/c2ccc(S(=O)(=O)O)cc2C(=O)O)c(O)[nH]c(=O)c1C(=O)NC(C)(C)C. The fraction of sp³-hybridized carbons (Fsp3) is 0.278. The average Bonchev–Trinajstić information content (AvgIpc) is 2.58. The number of pyridine rings is 1. The smallest absolute Gasteiger partial charge is 0.338 e. The first-order valence-electron chi connectivity index (χ1n) is 8.66. The van der Waals surface area contributed by atoms with Crippen LogP contribution in [0.25, 0.3) is 0 Å². The van der Waals surface area contributed by atoms with Crippen molar-refractivity contribution in [2.45, 2.75) is 38.1 Å². The number of aromatic carboxylic acids is 1. The van der Waals surface area contributed by atoms with Crippen molar-refractivity contribution in [2.75, 3.05) is 0 Å². The number of hydrogen-bond donors (Lipinski definition) is 5. The van der Waals surface area contributed by atoms with E-state index in [0.29, 0.717) is 6.07 Å². The van der Waals surface area contributed by atoms with Gasteiger partial charge in [0.25, 0.3) is 21.6 Å². The summed E-state index contributed by atoms with van der Waals surface area (Å²) in [5, 5.41) is 29.4. The number of carboxylic acids is 1. The van der Waals surface area contributed by atoms with Gasteiger partial charge in [-0.15, -0.1) is 10.2 Å².